The Balaban J connectivity index is 1.54. The molecule has 2 heterocycles. The van der Waals surface area contributed by atoms with Crippen LogP contribution < -0.4 is 16.4 Å². The SMILES string of the molecule is CN=C(/C=C(\N)C(O)C(F)(F)F)C(=O)Nc1cc([C@H]2C[C@@H](OC(=O)NC3(C)CC3)CO2)[nH]n1. The van der Waals surface area contributed by atoms with Crippen LogP contribution in [-0.4, -0.2) is 70.6 Å². The van der Waals surface area contributed by atoms with Crippen LogP contribution in [0.4, 0.5) is 23.8 Å². The number of aliphatic hydroxyl groups excluding tert-OH is 1. The number of carbonyl (C=O) groups is 2. The van der Waals surface area contributed by atoms with E-state index >= 15 is 0 Å². The summed E-state index contributed by atoms with van der Waals surface area (Å²) in [5, 5.41) is 20.9. The van der Waals surface area contributed by atoms with Gasteiger partial charge in [-0.15, -0.1) is 0 Å². The molecule has 2 fully saturated rings. The van der Waals surface area contributed by atoms with Gasteiger partial charge in [0.1, 0.15) is 17.9 Å². The molecule has 0 bridgehead atoms. The van der Waals surface area contributed by atoms with Gasteiger partial charge in [0.25, 0.3) is 5.91 Å². The molecule has 2 amide bonds. The van der Waals surface area contributed by atoms with E-state index in [1.807, 2.05) is 6.92 Å². The highest BCUT2D eigenvalue weighted by atomic mass is 19.4. The van der Waals surface area contributed by atoms with Crippen LogP contribution in [0.15, 0.2) is 22.8 Å². The molecule has 1 aliphatic carbocycles. The lowest BCUT2D eigenvalue weighted by atomic mass is 10.1. The minimum atomic E-state index is -4.98. The van der Waals surface area contributed by atoms with Gasteiger partial charge in [-0.3, -0.25) is 14.9 Å². The fourth-order valence-electron chi connectivity index (χ4n) is 3.04. The normalized spacial score (nSPS) is 23.7. The number of rotatable bonds is 7. The van der Waals surface area contributed by atoms with Gasteiger partial charge in [-0.1, -0.05) is 0 Å². The highest BCUT2D eigenvalue weighted by molar-refractivity contribution is 6.47. The Kier molecular flexibility index (Phi) is 6.97. The standard InChI is InChI=1S/C19H25F3N6O5/c1-18(3-4-18)26-17(31)33-9-5-13(32-8-9)11-7-14(28-27-11)25-16(30)12(24-2)6-10(23)15(29)19(20,21)22/h6-7,9,13,15,29H,3-5,8,23H2,1-2H3,(H,26,31)(H2,25,27,28,30)/b10-6-,24-12?/t9-,13-,15?/m1/s1. The Morgan fingerprint density at radius 3 is 2.79 bits per heavy atom. The molecule has 2 aliphatic rings. The summed E-state index contributed by atoms with van der Waals surface area (Å²) in [5.74, 6) is -0.821. The quantitative estimate of drug-likeness (QED) is 0.372. The number of aliphatic hydroxyl groups is 1. The lowest BCUT2D eigenvalue weighted by Gasteiger charge is -2.15. The number of alkyl carbamates (subject to hydrolysis) is 1. The number of amides is 2. The number of hydrogen-bond donors (Lipinski definition) is 5. The fourth-order valence-corrected chi connectivity index (χ4v) is 3.04. The average Bonchev–Trinajstić information content (AvgIpc) is 3.09. The van der Waals surface area contributed by atoms with E-state index in [1.54, 1.807) is 0 Å². The average molecular weight is 474 g/mol. The number of anilines is 1. The van der Waals surface area contributed by atoms with Crippen molar-refractivity contribution in [2.24, 2.45) is 10.7 Å². The lowest BCUT2D eigenvalue weighted by molar-refractivity contribution is -0.191. The van der Waals surface area contributed by atoms with Crippen LogP contribution in [0.5, 0.6) is 0 Å². The molecule has 33 heavy (non-hydrogen) atoms. The molecule has 3 atom stereocenters. The molecule has 0 aromatic carbocycles. The van der Waals surface area contributed by atoms with Crippen molar-refractivity contribution in [2.75, 3.05) is 19.0 Å². The maximum atomic E-state index is 12.6. The molecule has 14 heteroatoms. The van der Waals surface area contributed by atoms with Crippen LogP contribution >= 0.6 is 0 Å². The third-order valence-electron chi connectivity index (χ3n) is 5.23. The number of carbonyl (C=O) groups excluding carboxylic acids is 2. The first-order valence-corrected chi connectivity index (χ1v) is 10.1. The molecule has 0 spiro atoms. The molecule has 1 aliphatic heterocycles. The first-order chi connectivity index (χ1) is 15.4. The Morgan fingerprint density at radius 2 is 2.18 bits per heavy atom. The largest absolute Gasteiger partial charge is 0.444 e. The molecule has 3 rings (SSSR count). The molecule has 6 N–H and O–H groups in total. The van der Waals surface area contributed by atoms with Crippen molar-refractivity contribution in [3.63, 3.8) is 0 Å². The Morgan fingerprint density at radius 1 is 1.48 bits per heavy atom. The summed E-state index contributed by atoms with van der Waals surface area (Å²) in [5.41, 5.74) is 4.12. The van der Waals surface area contributed by atoms with Crippen LogP contribution in [0.2, 0.25) is 0 Å². The number of aliphatic imine (C=N–C) groups is 1. The molecule has 1 unspecified atom stereocenters. The lowest BCUT2D eigenvalue weighted by Crippen LogP contribution is -2.37. The van der Waals surface area contributed by atoms with Gasteiger partial charge in [0, 0.05) is 30.8 Å². The summed E-state index contributed by atoms with van der Waals surface area (Å²) >= 11 is 0. The van der Waals surface area contributed by atoms with E-state index in [1.165, 1.54) is 13.1 Å². The van der Waals surface area contributed by atoms with Crippen molar-refractivity contribution in [2.45, 2.75) is 56.2 Å². The summed E-state index contributed by atoms with van der Waals surface area (Å²) < 4.78 is 48.7. The van der Waals surface area contributed by atoms with E-state index < -0.39 is 47.9 Å². The summed E-state index contributed by atoms with van der Waals surface area (Å²) in [6.45, 7) is 2.12. The third kappa shape index (κ3) is 6.44. The highest BCUT2D eigenvalue weighted by Gasteiger charge is 2.41. The number of nitrogens with zero attached hydrogens (tertiary/aromatic N) is 2. The minimum Gasteiger partial charge on any atom is -0.444 e. The van der Waals surface area contributed by atoms with Crippen molar-refractivity contribution in [3.05, 3.63) is 23.5 Å². The molecule has 11 nitrogen and oxygen atoms in total. The van der Waals surface area contributed by atoms with E-state index in [0.29, 0.717) is 18.2 Å². The number of ether oxygens (including phenoxy) is 2. The Bertz CT molecular complexity index is 956. The van der Waals surface area contributed by atoms with Gasteiger partial charge < -0.3 is 30.9 Å². The molecule has 1 aromatic rings. The maximum absolute atomic E-state index is 12.6. The van der Waals surface area contributed by atoms with Crippen molar-refractivity contribution >= 4 is 23.5 Å². The van der Waals surface area contributed by atoms with Crippen molar-refractivity contribution in [1.29, 1.82) is 0 Å². The molecular weight excluding hydrogens is 449 g/mol. The highest BCUT2D eigenvalue weighted by Crippen LogP contribution is 2.35. The van der Waals surface area contributed by atoms with E-state index in [9.17, 15) is 22.8 Å². The van der Waals surface area contributed by atoms with E-state index in [4.69, 9.17) is 20.3 Å². The monoisotopic (exact) mass is 474 g/mol. The fraction of sp³-hybridized carbons (Fsp3) is 0.579. The second-order valence-electron chi connectivity index (χ2n) is 8.13. The summed E-state index contributed by atoms with van der Waals surface area (Å²) in [6, 6.07) is 1.47. The number of aromatic nitrogens is 2. The first-order valence-electron chi connectivity index (χ1n) is 10.1. The van der Waals surface area contributed by atoms with Gasteiger partial charge in [0.15, 0.2) is 11.9 Å². The number of halogens is 3. The summed E-state index contributed by atoms with van der Waals surface area (Å²) in [7, 11) is 1.18. The van der Waals surface area contributed by atoms with Gasteiger partial charge in [-0.05, 0) is 25.8 Å². The van der Waals surface area contributed by atoms with E-state index in [2.05, 4.69) is 25.8 Å². The molecule has 1 saturated heterocycles. The summed E-state index contributed by atoms with van der Waals surface area (Å²) in [6.07, 6.45) is -6.51. The Labute approximate surface area is 186 Å². The van der Waals surface area contributed by atoms with Gasteiger partial charge >= 0.3 is 12.3 Å². The molecule has 1 saturated carbocycles. The van der Waals surface area contributed by atoms with E-state index in [0.717, 1.165) is 12.8 Å². The zero-order valence-electron chi connectivity index (χ0n) is 17.9. The second kappa shape index (κ2) is 9.39. The van der Waals surface area contributed by atoms with Crippen LogP contribution in [0.25, 0.3) is 0 Å². The topological polar surface area (TPSA) is 164 Å². The molecular formula is C19H25F3N6O5. The zero-order valence-corrected chi connectivity index (χ0v) is 17.9. The summed E-state index contributed by atoms with van der Waals surface area (Å²) in [4.78, 5) is 27.8. The third-order valence-corrected chi connectivity index (χ3v) is 5.23. The maximum Gasteiger partial charge on any atom is 0.420 e. The number of H-pyrrole nitrogens is 1. The number of nitrogens with two attached hydrogens (primary N) is 1. The minimum absolute atomic E-state index is 0.0619. The predicted octanol–water partition coefficient (Wildman–Crippen LogP) is 1.29. The van der Waals surface area contributed by atoms with E-state index in [-0.39, 0.29) is 18.0 Å². The van der Waals surface area contributed by atoms with Crippen LogP contribution in [0.1, 0.15) is 38.0 Å². The predicted molar refractivity (Wildman–Crippen MR) is 109 cm³/mol. The van der Waals surface area contributed by atoms with Gasteiger partial charge in [0.2, 0.25) is 0 Å². The number of aromatic amines is 1. The molecule has 1 aromatic heterocycles. The van der Waals surface area contributed by atoms with Gasteiger partial charge in [0.05, 0.1) is 12.3 Å². The van der Waals surface area contributed by atoms with Crippen LogP contribution in [0.3, 0.4) is 0 Å². The van der Waals surface area contributed by atoms with Crippen LogP contribution in [-0.2, 0) is 14.3 Å². The number of nitrogens with one attached hydrogen (secondary N) is 3. The van der Waals surface area contributed by atoms with Gasteiger partial charge in [-0.25, -0.2) is 4.79 Å². The smallest absolute Gasteiger partial charge is 0.420 e. The van der Waals surface area contributed by atoms with Crippen molar-refractivity contribution in [3.8, 4) is 0 Å². The first kappa shape index (κ1) is 24.5. The molecule has 182 valence electrons. The van der Waals surface area contributed by atoms with Crippen LogP contribution in [0, 0.1) is 0 Å². The van der Waals surface area contributed by atoms with Crippen molar-refractivity contribution < 1.29 is 37.3 Å². The number of alkyl halides is 3. The van der Waals surface area contributed by atoms with Gasteiger partial charge in [-0.2, -0.15) is 18.3 Å². The second-order valence-corrected chi connectivity index (χ2v) is 8.13. The Hall–Kier alpha value is -3.13. The zero-order chi connectivity index (χ0) is 24.4. The molecule has 0 radical (unpaired) electrons. The van der Waals surface area contributed by atoms with Crippen molar-refractivity contribution in [1.82, 2.24) is 15.5 Å². The number of hydrogen-bond acceptors (Lipinski definition) is 8.